The molecule has 1 saturated heterocycles. The molecule has 1 nitrogen and oxygen atoms in total. The average molecular weight is 225 g/mol. The Balaban J connectivity index is 1.56. The first-order valence-corrected chi connectivity index (χ1v) is 7.75. The van der Waals surface area contributed by atoms with E-state index in [1.165, 1.54) is 44.3 Å². The maximum atomic E-state index is 3.98. The van der Waals surface area contributed by atoms with E-state index in [0.717, 1.165) is 29.2 Å². The largest absolute Gasteiger partial charge is 0.310 e. The Kier molecular flexibility index (Phi) is 2.99. The fourth-order valence-electron chi connectivity index (χ4n) is 3.87. The highest BCUT2D eigenvalue weighted by Gasteiger charge is 2.40. The van der Waals surface area contributed by atoms with Crippen LogP contribution in [0.15, 0.2) is 0 Å². The predicted octanol–water partition coefficient (Wildman–Crippen LogP) is 3.05. The fraction of sp³-hybridized carbons (Fsp3) is 1.00. The van der Waals surface area contributed by atoms with E-state index < -0.39 is 0 Å². The average Bonchev–Trinajstić information content (AvgIpc) is 2.83. The van der Waals surface area contributed by atoms with Gasteiger partial charge < -0.3 is 5.32 Å². The van der Waals surface area contributed by atoms with Crippen molar-refractivity contribution in [3.63, 3.8) is 0 Å². The zero-order chi connectivity index (χ0) is 10.3. The molecule has 2 bridgehead atoms. The molecule has 0 aromatic heterocycles. The zero-order valence-electron chi connectivity index (χ0n) is 9.74. The maximum Gasteiger partial charge on any atom is 0.0186 e. The van der Waals surface area contributed by atoms with Crippen molar-refractivity contribution in [3.05, 3.63) is 0 Å². The highest BCUT2D eigenvalue weighted by Crippen LogP contribution is 2.45. The van der Waals surface area contributed by atoms with Crippen molar-refractivity contribution in [2.45, 2.75) is 62.8 Å². The summed E-state index contributed by atoms with van der Waals surface area (Å²) in [6.07, 6.45) is 8.90. The molecule has 0 spiro atoms. The molecule has 0 aromatic rings. The molecule has 0 aromatic carbocycles. The van der Waals surface area contributed by atoms with E-state index >= 15 is 0 Å². The molecule has 1 aliphatic heterocycles. The Bertz CT molecular complexity index is 231. The van der Waals surface area contributed by atoms with Gasteiger partial charge in [-0.05, 0) is 49.7 Å². The van der Waals surface area contributed by atoms with Crippen molar-refractivity contribution < 1.29 is 0 Å². The number of hydrogen-bond donors (Lipinski definition) is 1. The van der Waals surface area contributed by atoms with E-state index in [2.05, 4.69) is 24.0 Å². The van der Waals surface area contributed by atoms with Gasteiger partial charge in [-0.3, -0.25) is 0 Å². The van der Waals surface area contributed by atoms with Gasteiger partial charge in [0.05, 0.1) is 0 Å². The van der Waals surface area contributed by atoms with Gasteiger partial charge in [0.15, 0.2) is 0 Å². The monoisotopic (exact) mass is 225 g/mol. The number of thioether (sulfide) groups is 1. The van der Waals surface area contributed by atoms with Crippen molar-refractivity contribution in [2.24, 2.45) is 11.8 Å². The van der Waals surface area contributed by atoms with Crippen LogP contribution in [0.4, 0.5) is 0 Å². The van der Waals surface area contributed by atoms with Gasteiger partial charge in [-0.1, -0.05) is 13.3 Å². The Morgan fingerprint density at radius 1 is 1.07 bits per heavy atom. The topological polar surface area (TPSA) is 12.0 Å². The van der Waals surface area contributed by atoms with Crippen molar-refractivity contribution in [1.29, 1.82) is 0 Å². The predicted molar refractivity (Wildman–Crippen MR) is 67.3 cm³/mol. The number of fused-ring (bicyclic) bond motifs is 2. The standard InChI is InChI=1S/C13H23NS/c1-9-12(3-2-6-15-9)14-13-8-10-4-5-11(13)7-10/h9-14H,2-8H2,1H3. The van der Waals surface area contributed by atoms with E-state index in [0.29, 0.717) is 0 Å². The molecule has 0 amide bonds. The minimum atomic E-state index is 0.813. The summed E-state index contributed by atoms with van der Waals surface area (Å²) in [6, 6.07) is 1.70. The molecule has 0 radical (unpaired) electrons. The van der Waals surface area contributed by atoms with Crippen LogP contribution < -0.4 is 5.32 Å². The third kappa shape index (κ3) is 2.08. The molecular weight excluding hydrogens is 202 g/mol. The molecule has 1 heterocycles. The van der Waals surface area contributed by atoms with Crippen LogP contribution in [-0.2, 0) is 0 Å². The molecule has 3 fully saturated rings. The van der Waals surface area contributed by atoms with Crippen molar-refractivity contribution in [3.8, 4) is 0 Å². The van der Waals surface area contributed by atoms with Crippen LogP contribution in [0.3, 0.4) is 0 Å². The van der Waals surface area contributed by atoms with Gasteiger partial charge in [0.1, 0.15) is 0 Å². The highest BCUT2D eigenvalue weighted by atomic mass is 32.2. The van der Waals surface area contributed by atoms with Gasteiger partial charge in [0, 0.05) is 17.3 Å². The highest BCUT2D eigenvalue weighted by molar-refractivity contribution is 7.99. The smallest absolute Gasteiger partial charge is 0.0186 e. The second-order valence-corrected chi connectivity index (χ2v) is 7.26. The summed E-state index contributed by atoms with van der Waals surface area (Å²) in [4.78, 5) is 0. The molecule has 2 heteroatoms. The second-order valence-electron chi connectivity index (χ2n) is 5.77. The lowest BCUT2D eigenvalue weighted by Crippen LogP contribution is -2.47. The molecule has 86 valence electrons. The first-order valence-electron chi connectivity index (χ1n) is 6.70. The molecule has 5 atom stereocenters. The quantitative estimate of drug-likeness (QED) is 0.775. The molecule has 2 saturated carbocycles. The molecular formula is C13H23NS. The third-order valence-electron chi connectivity index (χ3n) is 4.77. The first-order chi connectivity index (χ1) is 7.33. The molecule has 1 N–H and O–H groups in total. The first kappa shape index (κ1) is 10.5. The van der Waals surface area contributed by atoms with Gasteiger partial charge in [0.2, 0.25) is 0 Å². The normalized spacial score (nSPS) is 49.8. The molecule has 3 aliphatic rings. The minimum absolute atomic E-state index is 0.813. The maximum absolute atomic E-state index is 3.98. The fourth-order valence-corrected chi connectivity index (χ4v) is 5.02. The SMILES string of the molecule is CC1SCCCC1NC1CC2CCC1C2. The lowest BCUT2D eigenvalue weighted by molar-refractivity contribution is 0.305. The summed E-state index contributed by atoms with van der Waals surface area (Å²) in [7, 11) is 0. The van der Waals surface area contributed by atoms with E-state index in [4.69, 9.17) is 0 Å². The van der Waals surface area contributed by atoms with Crippen LogP contribution in [0.25, 0.3) is 0 Å². The molecule has 3 rings (SSSR count). The van der Waals surface area contributed by atoms with Crippen LogP contribution in [0.1, 0.15) is 45.4 Å². The summed E-state index contributed by atoms with van der Waals surface area (Å²) in [5, 5.41) is 4.82. The Morgan fingerprint density at radius 2 is 2.00 bits per heavy atom. The summed E-state index contributed by atoms with van der Waals surface area (Å²) in [6.45, 7) is 2.41. The van der Waals surface area contributed by atoms with Crippen molar-refractivity contribution in [1.82, 2.24) is 5.32 Å². The van der Waals surface area contributed by atoms with Crippen LogP contribution >= 0.6 is 11.8 Å². The summed E-state index contributed by atoms with van der Waals surface area (Å²) in [5.41, 5.74) is 0. The van der Waals surface area contributed by atoms with Crippen LogP contribution in [-0.4, -0.2) is 23.1 Å². The van der Waals surface area contributed by atoms with E-state index in [-0.39, 0.29) is 0 Å². The minimum Gasteiger partial charge on any atom is -0.310 e. The van der Waals surface area contributed by atoms with Crippen LogP contribution in [0.2, 0.25) is 0 Å². The lowest BCUT2D eigenvalue weighted by atomic mass is 9.94. The summed E-state index contributed by atoms with van der Waals surface area (Å²) >= 11 is 2.17. The number of rotatable bonds is 2. The van der Waals surface area contributed by atoms with Gasteiger partial charge in [-0.15, -0.1) is 0 Å². The molecule has 5 unspecified atom stereocenters. The zero-order valence-corrected chi connectivity index (χ0v) is 10.6. The molecule has 15 heavy (non-hydrogen) atoms. The summed E-state index contributed by atoms with van der Waals surface area (Å²) < 4.78 is 0. The molecule has 2 aliphatic carbocycles. The van der Waals surface area contributed by atoms with E-state index in [1.807, 2.05) is 0 Å². The van der Waals surface area contributed by atoms with Crippen LogP contribution in [0, 0.1) is 11.8 Å². The Labute approximate surface area is 97.8 Å². The Hall–Kier alpha value is 0.310. The number of nitrogens with one attached hydrogen (secondary N) is 1. The van der Waals surface area contributed by atoms with Crippen molar-refractivity contribution in [2.75, 3.05) is 5.75 Å². The van der Waals surface area contributed by atoms with Gasteiger partial charge in [-0.25, -0.2) is 0 Å². The van der Waals surface area contributed by atoms with Gasteiger partial charge in [0.25, 0.3) is 0 Å². The lowest BCUT2D eigenvalue weighted by Gasteiger charge is -2.34. The second kappa shape index (κ2) is 4.29. The van der Waals surface area contributed by atoms with Gasteiger partial charge >= 0.3 is 0 Å². The van der Waals surface area contributed by atoms with E-state index in [9.17, 15) is 0 Å². The van der Waals surface area contributed by atoms with E-state index in [1.54, 1.807) is 0 Å². The van der Waals surface area contributed by atoms with Gasteiger partial charge in [-0.2, -0.15) is 11.8 Å². The number of hydrogen-bond acceptors (Lipinski definition) is 2. The Morgan fingerprint density at radius 3 is 2.67 bits per heavy atom. The van der Waals surface area contributed by atoms with Crippen LogP contribution in [0.5, 0.6) is 0 Å². The third-order valence-corrected chi connectivity index (χ3v) is 6.15. The van der Waals surface area contributed by atoms with Crippen molar-refractivity contribution >= 4 is 11.8 Å². The summed E-state index contributed by atoms with van der Waals surface area (Å²) in [5.74, 6) is 3.50.